The van der Waals surface area contributed by atoms with Gasteiger partial charge in [-0.25, -0.2) is 4.98 Å². The number of aryl methyl sites for hydroxylation is 2. The minimum absolute atomic E-state index is 0.00994. The fourth-order valence-electron chi connectivity index (χ4n) is 4.33. The third-order valence-corrected chi connectivity index (χ3v) is 6.06. The average Bonchev–Trinajstić information content (AvgIpc) is 3.15. The molecule has 6 nitrogen and oxygen atoms in total. The van der Waals surface area contributed by atoms with E-state index in [4.69, 9.17) is 4.42 Å². The van der Waals surface area contributed by atoms with Crippen LogP contribution in [-0.4, -0.2) is 52.8 Å². The van der Waals surface area contributed by atoms with Crippen molar-refractivity contribution >= 4 is 11.8 Å². The number of hydrogen-bond donors (Lipinski definition) is 0. The standard InChI is InChI=1S/C23H29N3O3/c1-16-7-6-8-19(15-16)22(27)26-13-9-18(10-14-26)21-24-20(17(2)29-21)23(28)25-11-4-3-5-12-25/h6-8,15,18H,3-5,9-14H2,1-2H3. The van der Waals surface area contributed by atoms with Crippen molar-refractivity contribution in [3.63, 3.8) is 0 Å². The second kappa shape index (κ2) is 8.39. The zero-order chi connectivity index (χ0) is 20.4. The molecule has 2 aromatic rings. The number of rotatable bonds is 3. The van der Waals surface area contributed by atoms with Crippen molar-refractivity contribution < 1.29 is 14.0 Å². The van der Waals surface area contributed by atoms with E-state index in [1.165, 1.54) is 6.42 Å². The van der Waals surface area contributed by atoms with E-state index < -0.39 is 0 Å². The van der Waals surface area contributed by atoms with Crippen molar-refractivity contribution in [3.05, 3.63) is 52.7 Å². The van der Waals surface area contributed by atoms with Gasteiger partial charge in [-0.3, -0.25) is 9.59 Å². The molecule has 3 heterocycles. The van der Waals surface area contributed by atoms with Crippen LogP contribution < -0.4 is 0 Å². The Labute approximate surface area is 171 Å². The molecule has 0 spiro atoms. The monoisotopic (exact) mass is 395 g/mol. The number of benzene rings is 1. The molecule has 4 rings (SSSR count). The zero-order valence-corrected chi connectivity index (χ0v) is 17.3. The molecule has 0 aliphatic carbocycles. The summed E-state index contributed by atoms with van der Waals surface area (Å²) in [6.07, 6.45) is 4.90. The smallest absolute Gasteiger partial charge is 0.276 e. The number of hydrogen-bond acceptors (Lipinski definition) is 4. The van der Waals surface area contributed by atoms with Crippen LogP contribution in [0.5, 0.6) is 0 Å². The summed E-state index contributed by atoms with van der Waals surface area (Å²) in [7, 11) is 0. The van der Waals surface area contributed by atoms with E-state index in [0.717, 1.165) is 49.9 Å². The normalized spacial score (nSPS) is 18.1. The summed E-state index contributed by atoms with van der Waals surface area (Å²) < 4.78 is 5.90. The molecule has 2 saturated heterocycles. The molecule has 154 valence electrons. The molecular formula is C23H29N3O3. The van der Waals surface area contributed by atoms with Crippen molar-refractivity contribution in [2.24, 2.45) is 0 Å². The van der Waals surface area contributed by atoms with Gasteiger partial charge in [0.15, 0.2) is 11.6 Å². The van der Waals surface area contributed by atoms with Crippen LogP contribution in [0.15, 0.2) is 28.7 Å². The Balaban J connectivity index is 1.40. The lowest BCUT2D eigenvalue weighted by molar-refractivity contribution is 0.0704. The lowest BCUT2D eigenvalue weighted by Crippen LogP contribution is -2.38. The van der Waals surface area contributed by atoms with Crippen LogP contribution >= 0.6 is 0 Å². The number of oxazole rings is 1. The summed E-state index contributed by atoms with van der Waals surface area (Å²) >= 11 is 0. The van der Waals surface area contributed by atoms with Crippen molar-refractivity contribution in [2.45, 2.75) is 51.9 Å². The van der Waals surface area contributed by atoms with Crippen molar-refractivity contribution in [2.75, 3.05) is 26.2 Å². The fraction of sp³-hybridized carbons (Fsp3) is 0.522. The lowest BCUT2D eigenvalue weighted by atomic mass is 9.96. The number of carbonyl (C=O) groups is 2. The maximum absolute atomic E-state index is 12.8. The molecule has 0 N–H and O–H groups in total. The van der Waals surface area contributed by atoms with Gasteiger partial charge in [-0.1, -0.05) is 17.7 Å². The summed E-state index contributed by atoms with van der Waals surface area (Å²) in [5.74, 6) is 1.47. The Kier molecular flexibility index (Phi) is 5.69. The van der Waals surface area contributed by atoms with Crippen LogP contribution in [0.4, 0.5) is 0 Å². The molecule has 0 bridgehead atoms. The molecule has 0 radical (unpaired) electrons. The van der Waals surface area contributed by atoms with Gasteiger partial charge in [-0.05, 0) is 58.1 Å². The number of carbonyl (C=O) groups excluding carboxylic acids is 2. The highest BCUT2D eigenvalue weighted by Crippen LogP contribution is 2.30. The first-order valence-electron chi connectivity index (χ1n) is 10.7. The number of nitrogens with zero attached hydrogens (tertiary/aromatic N) is 3. The number of amides is 2. The van der Waals surface area contributed by atoms with E-state index in [-0.39, 0.29) is 17.7 Å². The van der Waals surface area contributed by atoms with Gasteiger partial charge in [0.2, 0.25) is 0 Å². The van der Waals surface area contributed by atoms with E-state index in [1.54, 1.807) is 0 Å². The van der Waals surface area contributed by atoms with Crippen LogP contribution in [-0.2, 0) is 0 Å². The van der Waals surface area contributed by atoms with Gasteiger partial charge in [0.1, 0.15) is 5.76 Å². The van der Waals surface area contributed by atoms with Crippen LogP contribution in [0.3, 0.4) is 0 Å². The summed E-state index contributed by atoms with van der Waals surface area (Å²) in [5.41, 5.74) is 2.29. The van der Waals surface area contributed by atoms with Gasteiger partial charge in [0, 0.05) is 37.7 Å². The predicted octanol–water partition coefficient (Wildman–Crippen LogP) is 3.94. The topological polar surface area (TPSA) is 66.7 Å². The largest absolute Gasteiger partial charge is 0.445 e. The van der Waals surface area contributed by atoms with Gasteiger partial charge in [0.25, 0.3) is 11.8 Å². The summed E-state index contributed by atoms with van der Waals surface area (Å²) in [6.45, 7) is 6.78. The van der Waals surface area contributed by atoms with Gasteiger partial charge >= 0.3 is 0 Å². The Morgan fingerprint density at radius 3 is 2.34 bits per heavy atom. The van der Waals surface area contributed by atoms with E-state index in [1.807, 2.05) is 47.9 Å². The fourth-order valence-corrected chi connectivity index (χ4v) is 4.33. The summed E-state index contributed by atoms with van der Waals surface area (Å²) in [4.78, 5) is 33.9. The van der Waals surface area contributed by atoms with Crippen molar-refractivity contribution in [1.29, 1.82) is 0 Å². The zero-order valence-electron chi connectivity index (χ0n) is 17.3. The quantitative estimate of drug-likeness (QED) is 0.790. The van der Waals surface area contributed by atoms with Gasteiger partial charge in [0.05, 0.1) is 0 Å². The first kappa shape index (κ1) is 19.7. The lowest BCUT2D eigenvalue weighted by Gasteiger charge is -2.30. The molecule has 0 unspecified atom stereocenters. The maximum atomic E-state index is 12.8. The van der Waals surface area contributed by atoms with Gasteiger partial charge < -0.3 is 14.2 Å². The first-order chi connectivity index (χ1) is 14.0. The highest BCUT2D eigenvalue weighted by atomic mass is 16.4. The predicted molar refractivity (Wildman–Crippen MR) is 110 cm³/mol. The van der Waals surface area contributed by atoms with Crippen LogP contribution in [0, 0.1) is 13.8 Å². The summed E-state index contributed by atoms with van der Waals surface area (Å²) in [6, 6.07) is 7.73. The SMILES string of the molecule is Cc1cccc(C(=O)N2CCC(c3nc(C(=O)N4CCCCC4)c(C)o3)CC2)c1. The van der Waals surface area contributed by atoms with Crippen LogP contribution in [0.25, 0.3) is 0 Å². The first-order valence-corrected chi connectivity index (χ1v) is 10.7. The van der Waals surface area contributed by atoms with Crippen LogP contribution in [0.1, 0.15) is 76.1 Å². The van der Waals surface area contributed by atoms with E-state index >= 15 is 0 Å². The van der Waals surface area contributed by atoms with Crippen LogP contribution in [0.2, 0.25) is 0 Å². The second-order valence-electron chi connectivity index (χ2n) is 8.25. The Morgan fingerprint density at radius 1 is 0.966 bits per heavy atom. The average molecular weight is 396 g/mol. The molecule has 6 heteroatoms. The molecule has 2 fully saturated rings. The summed E-state index contributed by atoms with van der Waals surface area (Å²) in [5, 5.41) is 0. The minimum atomic E-state index is -0.00994. The molecule has 1 aromatic heterocycles. The maximum Gasteiger partial charge on any atom is 0.276 e. The van der Waals surface area contributed by atoms with Crippen molar-refractivity contribution in [1.82, 2.24) is 14.8 Å². The van der Waals surface area contributed by atoms with Gasteiger partial charge in [-0.2, -0.15) is 0 Å². The number of piperidine rings is 2. The number of likely N-dealkylation sites (tertiary alicyclic amines) is 2. The molecule has 1 aromatic carbocycles. The third-order valence-electron chi connectivity index (χ3n) is 6.06. The van der Waals surface area contributed by atoms with E-state index in [9.17, 15) is 9.59 Å². The second-order valence-corrected chi connectivity index (χ2v) is 8.25. The molecule has 2 amide bonds. The molecule has 2 aliphatic heterocycles. The van der Waals surface area contributed by atoms with Crippen molar-refractivity contribution in [3.8, 4) is 0 Å². The highest BCUT2D eigenvalue weighted by Gasteiger charge is 2.30. The van der Waals surface area contributed by atoms with Gasteiger partial charge in [-0.15, -0.1) is 0 Å². The highest BCUT2D eigenvalue weighted by molar-refractivity contribution is 5.94. The molecular weight excluding hydrogens is 366 g/mol. The minimum Gasteiger partial charge on any atom is -0.445 e. The molecule has 2 aliphatic rings. The number of aromatic nitrogens is 1. The third kappa shape index (κ3) is 4.21. The molecule has 0 atom stereocenters. The molecule has 29 heavy (non-hydrogen) atoms. The van der Waals surface area contributed by atoms with E-state index in [2.05, 4.69) is 4.98 Å². The Morgan fingerprint density at radius 2 is 1.66 bits per heavy atom. The Hall–Kier alpha value is -2.63. The Bertz CT molecular complexity index is 891. The molecule has 0 saturated carbocycles. The van der Waals surface area contributed by atoms with E-state index in [0.29, 0.717) is 30.4 Å².